The lowest BCUT2D eigenvalue weighted by Gasteiger charge is -2.33. The van der Waals surface area contributed by atoms with Gasteiger partial charge in [-0.3, -0.25) is 4.79 Å². The number of anilines is 1. The van der Waals surface area contributed by atoms with Gasteiger partial charge in [0.25, 0.3) is 5.91 Å². The highest BCUT2D eigenvalue weighted by molar-refractivity contribution is 5.94. The predicted octanol–water partition coefficient (Wildman–Crippen LogP) is 1.98. The van der Waals surface area contributed by atoms with Gasteiger partial charge in [0.05, 0.1) is 19.3 Å². The maximum Gasteiger partial charge on any atom is 0.254 e. The lowest BCUT2D eigenvalue weighted by molar-refractivity contribution is 0.00359. The Morgan fingerprint density at radius 3 is 2.78 bits per heavy atom. The molecule has 1 heterocycles. The molecule has 0 aromatic heterocycles. The number of hydrogen-bond donors (Lipinski definition) is 1. The van der Waals surface area contributed by atoms with Gasteiger partial charge in [-0.2, -0.15) is 0 Å². The van der Waals surface area contributed by atoms with Crippen LogP contribution in [-0.2, 0) is 4.74 Å². The molecule has 1 atom stereocenters. The molecule has 1 amide bonds. The summed E-state index contributed by atoms with van der Waals surface area (Å²) in [4.78, 5) is 14.2. The number of amides is 1. The van der Waals surface area contributed by atoms with E-state index in [1.165, 1.54) is 0 Å². The first-order valence-electron chi connectivity index (χ1n) is 6.45. The highest BCUT2D eigenvalue weighted by atomic mass is 16.5. The van der Waals surface area contributed by atoms with Crippen LogP contribution in [0.3, 0.4) is 0 Å². The van der Waals surface area contributed by atoms with Crippen molar-refractivity contribution in [1.82, 2.24) is 4.90 Å². The monoisotopic (exact) mass is 248 g/mol. The molecule has 1 aliphatic rings. The van der Waals surface area contributed by atoms with Crippen molar-refractivity contribution < 1.29 is 9.53 Å². The van der Waals surface area contributed by atoms with Crippen molar-refractivity contribution in [2.45, 2.75) is 19.9 Å². The third-order valence-corrected chi connectivity index (χ3v) is 3.14. The Morgan fingerprint density at radius 1 is 1.44 bits per heavy atom. The molecule has 1 unspecified atom stereocenters. The molecule has 0 spiro atoms. The van der Waals surface area contributed by atoms with E-state index in [0.29, 0.717) is 19.8 Å². The van der Waals surface area contributed by atoms with Crippen LogP contribution < -0.4 is 5.32 Å². The lowest BCUT2D eigenvalue weighted by atomic mass is 10.1. The van der Waals surface area contributed by atoms with Crippen LogP contribution in [0.15, 0.2) is 24.3 Å². The molecule has 1 saturated heterocycles. The van der Waals surface area contributed by atoms with Gasteiger partial charge in [-0.05, 0) is 38.1 Å². The van der Waals surface area contributed by atoms with Crippen LogP contribution in [-0.4, -0.2) is 43.2 Å². The van der Waals surface area contributed by atoms with Crippen molar-refractivity contribution in [1.29, 1.82) is 0 Å². The van der Waals surface area contributed by atoms with Crippen molar-refractivity contribution in [3.63, 3.8) is 0 Å². The quantitative estimate of drug-likeness (QED) is 0.889. The minimum Gasteiger partial charge on any atom is -0.385 e. The van der Waals surface area contributed by atoms with E-state index in [-0.39, 0.29) is 11.9 Å². The second kappa shape index (κ2) is 5.87. The summed E-state index contributed by atoms with van der Waals surface area (Å²) in [6, 6.07) is 7.80. The number of hydrogen-bond acceptors (Lipinski definition) is 3. The molecular weight excluding hydrogens is 228 g/mol. The van der Waals surface area contributed by atoms with Crippen molar-refractivity contribution in [2.24, 2.45) is 0 Å². The van der Waals surface area contributed by atoms with E-state index >= 15 is 0 Å². The fourth-order valence-electron chi connectivity index (χ4n) is 2.13. The van der Waals surface area contributed by atoms with E-state index < -0.39 is 0 Å². The van der Waals surface area contributed by atoms with Gasteiger partial charge >= 0.3 is 0 Å². The molecule has 1 aromatic rings. The van der Waals surface area contributed by atoms with E-state index in [2.05, 4.69) is 12.2 Å². The van der Waals surface area contributed by atoms with Crippen LogP contribution in [0.4, 0.5) is 5.69 Å². The number of carbonyl (C=O) groups is 1. The Labute approximate surface area is 108 Å². The van der Waals surface area contributed by atoms with Gasteiger partial charge in [0.1, 0.15) is 0 Å². The summed E-state index contributed by atoms with van der Waals surface area (Å²) in [5, 5.41) is 3.22. The van der Waals surface area contributed by atoms with E-state index in [4.69, 9.17) is 4.74 Å². The summed E-state index contributed by atoms with van der Waals surface area (Å²) < 4.78 is 5.35. The van der Waals surface area contributed by atoms with E-state index in [9.17, 15) is 4.79 Å². The maximum atomic E-state index is 12.3. The zero-order chi connectivity index (χ0) is 13.0. The number of morpholine rings is 1. The second-order valence-electron chi connectivity index (χ2n) is 4.53. The normalized spacial score (nSPS) is 19.7. The molecule has 1 aromatic carbocycles. The average molecular weight is 248 g/mol. The van der Waals surface area contributed by atoms with Crippen LogP contribution in [0.2, 0.25) is 0 Å². The third-order valence-electron chi connectivity index (χ3n) is 3.14. The highest BCUT2D eigenvalue weighted by Gasteiger charge is 2.24. The Balaban J connectivity index is 2.08. The van der Waals surface area contributed by atoms with Crippen LogP contribution in [0.25, 0.3) is 0 Å². The van der Waals surface area contributed by atoms with Crippen LogP contribution in [0, 0.1) is 0 Å². The summed E-state index contributed by atoms with van der Waals surface area (Å²) in [6.07, 6.45) is 0. The Morgan fingerprint density at radius 2 is 2.17 bits per heavy atom. The average Bonchev–Trinajstić information content (AvgIpc) is 2.40. The Kier molecular flexibility index (Phi) is 4.20. The predicted molar refractivity (Wildman–Crippen MR) is 71.9 cm³/mol. The maximum absolute atomic E-state index is 12.3. The van der Waals surface area contributed by atoms with Crippen molar-refractivity contribution in [2.75, 3.05) is 31.6 Å². The van der Waals surface area contributed by atoms with Crippen LogP contribution >= 0.6 is 0 Å². The fraction of sp³-hybridized carbons (Fsp3) is 0.500. The molecule has 0 bridgehead atoms. The summed E-state index contributed by atoms with van der Waals surface area (Å²) in [6.45, 7) is 6.88. The molecule has 4 nitrogen and oxygen atoms in total. The zero-order valence-electron chi connectivity index (χ0n) is 11.0. The molecule has 98 valence electrons. The van der Waals surface area contributed by atoms with Crippen molar-refractivity contribution in [3.05, 3.63) is 29.8 Å². The first-order valence-corrected chi connectivity index (χ1v) is 6.45. The molecule has 1 N–H and O–H groups in total. The molecule has 1 aliphatic heterocycles. The van der Waals surface area contributed by atoms with E-state index in [0.717, 1.165) is 17.8 Å². The van der Waals surface area contributed by atoms with Gasteiger partial charge in [-0.25, -0.2) is 0 Å². The molecule has 0 radical (unpaired) electrons. The van der Waals surface area contributed by atoms with Gasteiger partial charge in [0.15, 0.2) is 0 Å². The highest BCUT2D eigenvalue weighted by Crippen LogP contribution is 2.14. The van der Waals surface area contributed by atoms with Gasteiger partial charge < -0.3 is 15.0 Å². The largest absolute Gasteiger partial charge is 0.385 e. The van der Waals surface area contributed by atoms with Gasteiger partial charge in [-0.15, -0.1) is 0 Å². The van der Waals surface area contributed by atoms with Crippen LogP contribution in [0.1, 0.15) is 24.2 Å². The molecule has 18 heavy (non-hydrogen) atoms. The second-order valence-corrected chi connectivity index (χ2v) is 4.53. The number of rotatable bonds is 3. The van der Waals surface area contributed by atoms with E-state index in [1.54, 1.807) is 0 Å². The van der Waals surface area contributed by atoms with Crippen LogP contribution in [0.5, 0.6) is 0 Å². The number of carbonyl (C=O) groups excluding carboxylic acids is 1. The SMILES string of the molecule is CCNc1ccc(C(=O)N2CCOCC2C)cc1. The zero-order valence-corrected chi connectivity index (χ0v) is 11.0. The number of benzene rings is 1. The topological polar surface area (TPSA) is 41.6 Å². The Hall–Kier alpha value is -1.55. The van der Waals surface area contributed by atoms with Gasteiger partial charge in [0, 0.05) is 24.3 Å². The van der Waals surface area contributed by atoms with Gasteiger partial charge in [0.2, 0.25) is 0 Å². The summed E-state index contributed by atoms with van der Waals surface area (Å²) in [5.74, 6) is 0.0915. The summed E-state index contributed by atoms with van der Waals surface area (Å²) >= 11 is 0. The molecule has 2 rings (SSSR count). The first-order chi connectivity index (χ1) is 8.72. The number of nitrogens with one attached hydrogen (secondary N) is 1. The molecule has 1 fully saturated rings. The van der Waals surface area contributed by atoms with E-state index in [1.807, 2.05) is 36.1 Å². The Bertz CT molecular complexity index is 403. The standard InChI is InChI=1S/C14H20N2O2/c1-3-15-13-6-4-12(5-7-13)14(17)16-8-9-18-10-11(16)2/h4-7,11,15H,3,8-10H2,1-2H3. The number of ether oxygens (including phenoxy) is 1. The molecule has 4 heteroatoms. The minimum absolute atomic E-state index is 0.0915. The van der Waals surface area contributed by atoms with Crippen molar-refractivity contribution >= 4 is 11.6 Å². The molecular formula is C14H20N2O2. The molecule has 0 aliphatic carbocycles. The number of nitrogens with zero attached hydrogens (tertiary/aromatic N) is 1. The molecule has 0 saturated carbocycles. The lowest BCUT2D eigenvalue weighted by Crippen LogP contribution is -2.47. The smallest absolute Gasteiger partial charge is 0.254 e. The van der Waals surface area contributed by atoms with Gasteiger partial charge in [-0.1, -0.05) is 0 Å². The fourth-order valence-corrected chi connectivity index (χ4v) is 2.13. The summed E-state index contributed by atoms with van der Waals surface area (Å²) in [7, 11) is 0. The van der Waals surface area contributed by atoms with Crippen molar-refractivity contribution in [3.8, 4) is 0 Å². The first kappa shape index (κ1) is 12.9. The third kappa shape index (κ3) is 2.82. The minimum atomic E-state index is 0.0915. The summed E-state index contributed by atoms with van der Waals surface area (Å²) in [5.41, 5.74) is 1.79.